The van der Waals surface area contributed by atoms with Crippen LogP contribution in [0.15, 0.2) is 42.5 Å². The monoisotopic (exact) mass is 371 g/mol. The maximum Gasteiger partial charge on any atom is 0.238 e. The number of benzene rings is 2. The smallest absolute Gasteiger partial charge is 0.238 e. The molecule has 2 rings (SSSR count). The van der Waals surface area contributed by atoms with Gasteiger partial charge in [0.25, 0.3) is 0 Å². The van der Waals surface area contributed by atoms with Crippen LogP contribution < -0.4 is 10.6 Å². The minimum atomic E-state index is -0.362. The number of hydrogen-bond donors (Lipinski definition) is 2. The first-order valence-corrected chi connectivity index (χ1v) is 8.89. The number of carbonyl (C=O) groups is 2. The number of nitrogens with zero attached hydrogens (tertiary/aromatic N) is 1. The minimum Gasteiger partial charge on any atom is -0.325 e. The molecule has 0 unspecified atom stereocenters. The van der Waals surface area contributed by atoms with Crippen molar-refractivity contribution >= 4 is 23.2 Å². The lowest BCUT2D eigenvalue weighted by atomic mass is 9.98. The van der Waals surface area contributed by atoms with Crippen LogP contribution in [0.4, 0.5) is 15.8 Å². The van der Waals surface area contributed by atoms with Crippen molar-refractivity contribution in [2.45, 2.75) is 26.7 Å². The maximum absolute atomic E-state index is 12.9. The van der Waals surface area contributed by atoms with Gasteiger partial charge in [-0.15, -0.1) is 0 Å². The summed E-state index contributed by atoms with van der Waals surface area (Å²) in [5.74, 6) is -0.517. The summed E-state index contributed by atoms with van der Waals surface area (Å²) in [7, 11) is 1.70. The van der Waals surface area contributed by atoms with Gasteiger partial charge in [-0.05, 0) is 55.3 Å². The van der Waals surface area contributed by atoms with Crippen LogP contribution in [0, 0.1) is 12.7 Å². The molecule has 2 amide bonds. The molecule has 0 saturated heterocycles. The largest absolute Gasteiger partial charge is 0.325 e. The Kier molecular flexibility index (Phi) is 7.07. The molecule has 0 atom stereocenters. The van der Waals surface area contributed by atoms with Gasteiger partial charge in [-0.2, -0.15) is 0 Å². The molecule has 5 nitrogen and oxygen atoms in total. The molecular formula is C21H26FN3O2. The van der Waals surface area contributed by atoms with E-state index in [2.05, 4.69) is 24.5 Å². The van der Waals surface area contributed by atoms with Gasteiger partial charge in [0.1, 0.15) is 5.82 Å². The number of carbonyl (C=O) groups excluding carboxylic acids is 2. The molecule has 6 heteroatoms. The van der Waals surface area contributed by atoms with Crippen molar-refractivity contribution in [2.75, 3.05) is 30.8 Å². The van der Waals surface area contributed by atoms with Gasteiger partial charge in [0.05, 0.1) is 13.1 Å². The standard InChI is InChI=1S/C21H26FN3O2/c1-14(2)18-7-5-6-15(3)21(18)24-20(27)13-25(4)12-19(26)23-17-10-8-16(22)9-11-17/h5-11,14H,12-13H2,1-4H3,(H,23,26)(H,24,27). The predicted molar refractivity (Wildman–Crippen MR) is 106 cm³/mol. The zero-order valence-corrected chi connectivity index (χ0v) is 16.2. The molecule has 0 bridgehead atoms. The van der Waals surface area contributed by atoms with Gasteiger partial charge in [-0.3, -0.25) is 14.5 Å². The molecule has 0 aliphatic carbocycles. The summed E-state index contributed by atoms with van der Waals surface area (Å²) in [5.41, 5.74) is 3.44. The Morgan fingerprint density at radius 2 is 1.59 bits per heavy atom. The van der Waals surface area contributed by atoms with Crippen molar-refractivity contribution in [3.05, 3.63) is 59.4 Å². The number of halogens is 1. The molecule has 2 aromatic carbocycles. The Bertz CT molecular complexity index is 804. The summed E-state index contributed by atoms with van der Waals surface area (Å²) in [4.78, 5) is 26.1. The van der Waals surface area contributed by atoms with Crippen LogP contribution in [0.25, 0.3) is 0 Å². The van der Waals surface area contributed by atoms with E-state index in [1.54, 1.807) is 11.9 Å². The van der Waals surface area contributed by atoms with Crippen molar-refractivity contribution in [2.24, 2.45) is 0 Å². The highest BCUT2D eigenvalue weighted by Crippen LogP contribution is 2.27. The van der Waals surface area contributed by atoms with Crippen molar-refractivity contribution in [3.8, 4) is 0 Å². The Hall–Kier alpha value is -2.73. The molecule has 0 radical (unpaired) electrons. The van der Waals surface area contributed by atoms with E-state index in [0.29, 0.717) is 11.6 Å². The van der Waals surface area contributed by atoms with E-state index in [0.717, 1.165) is 16.8 Å². The fraction of sp³-hybridized carbons (Fsp3) is 0.333. The summed E-state index contributed by atoms with van der Waals surface area (Å²) >= 11 is 0. The van der Waals surface area contributed by atoms with Gasteiger partial charge in [0.15, 0.2) is 0 Å². The van der Waals surface area contributed by atoms with Crippen molar-refractivity contribution in [1.29, 1.82) is 0 Å². The van der Waals surface area contributed by atoms with Crippen LogP contribution in [0.5, 0.6) is 0 Å². The van der Waals surface area contributed by atoms with Crippen molar-refractivity contribution < 1.29 is 14.0 Å². The molecule has 0 aliphatic rings. The third-order valence-corrected chi connectivity index (χ3v) is 4.15. The summed E-state index contributed by atoms with van der Waals surface area (Å²) < 4.78 is 12.9. The van der Waals surface area contributed by atoms with Crippen LogP contribution in [0.1, 0.15) is 30.9 Å². The number of likely N-dealkylation sites (N-methyl/N-ethyl adjacent to an activating group) is 1. The van der Waals surface area contributed by atoms with E-state index >= 15 is 0 Å². The Morgan fingerprint density at radius 3 is 2.19 bits per heavy atom. The lowest BCUT2D eigenvalue weighted by Gasteiger charge is -2.19. The zero-order chi connectivity index (χ0) is 20.0. The maximum atomic E-state index is 12.9. The Labute approximate surface area is 159 Å². The van der Waals surface area contributed by atoms with Crippen LogP contribution in [0.3, 0.4) is 0 Å². The molecule has 0 spiro atoms. The molecule has 0 aliphatic heterocycles. The first kappa shape index (κ1) is 20.6. The van der Waals surface area contributed by atoms with Crippen LogP contribution in [-0.2, 0) is 9.59 Å². The molecular weight excluding hydrogens is 345 g/mol. The van der Waals surface area contributed by atoms with Crippen molar-refractivity contribution in [1.82, 2.24) is 4.90 Å². The van der Waals surface area contributed by atoms with Gasteiger partial charge in [0.2, 0.25) is 11.8 Å². The Morgan fingerprint density at radius 1 is 1.00 bits per heavy atom. The third-order valence-electron chi connectivity index (χ3n) is 4.15. The van der Waals surface area contributed by atoms with Crippen LogP contribution >= 0.6 is 0 Å². The fourth-order valence-corrected chi connectivity index (χ4v) is 2.80. The third kappa shape index (κ3) is 6.18. The molecule has 0 fully saturated rings. The number of hydrogen-bond acceptors (Lipinski definition) is 3. The highest BCUT2D eigenvalue weighted by atomic mass is 19.1. The summed E-state index contributed by atoms with van der Waals surface area (Å²) in [6.07, 6.45) is 0. The van der Waals surface area contributed by atoms with E-state index in [1.807, 2.05) is 25.1 Å². The number of para-hydroxylation sites is 1. The molecule has 144 valence electrons. The lowest BCUT2D eigenvalue weighted by molar-refractivity contribution is -0.119. The second-order valence-corrected chi connectivity index (χ2v) is 6.97. The number of amides is 2. The molecule has 2 aromatic rings. The first-order chi connectivity index (χ1) is 12.8. The van der Waals surface area contributed by atoms with E-state index in [4.69, 9.17) is 0 Å². The second-order valence-electron chi connectivity index (χ2n) is 6.97. The van der Waals surface area contributed by atoms with Gasteiger partial charge in [0, 0.05) is 11.4 Å². The summed E-state index contributed by atoms with van der Waals surface area (Å²) in [6, 6.07) is 11.5. The SMILES string of the molecule is Cc1cccc(C(C)C)c1NC(=O)CN(C)CC(=O)Nc1ccc(F)cc1. The highest BCUT2D eigenvalue weighted by molar-refractivity contribution is 5.95. The van der Waals surface area contributed by atoms with E-state index in [-0.39, 0.29) is 30.7 Å². The normalized spacial score (nSPS) is 10.9. The number of aryl methyl sites for hydroxylation is 1. The quantitative estimate of drug-likeness (QED) is 0.779. The van der Waals surface area contributed by atoms with Gasteiger partial charge < -0.3 is 10.6 Å². The number of rotatable bonds is 7. The van der Waals surface area contributed by atoms with Gasteiger partial charge >= 0.3 is 0 Å². The first-order valence-electron chi connectivity index (χ1n) is 8.89. The number of anilines is 2. The van der Waals surface area contributed by atoms with Gasteiger partial charge in [-0.25, -0.2) is 4.39 Å². The molecule has 0 heterocycles. The average Bonchev–Trinajstić information content (AvgIpc) is 2.58. The lowest BCUT2D eigenvalue weighted by Crippen LogP contribution is -2.36. The predicted octanol–water partition coefficient (Wildman–Crippen LogP) is 3.77. The molecule has 2 N–H and O–H groups in total. The number of nitrogens with one attached hydrogen (secondary N) is 2. The van der Waals surface area contributed by atoms with Crippen molar-refractivity contribution in [3.63, 3.8) is 0 Å². The average molecular weight is 371 g/mol. The summed E-state index contributed by atoms with van der Waals surface area (Å²) in [5, 5.41) is 5.64. The van der Waals surface area contributed by atoms with E-state index < -0.39 is 0 Å². The Balaban J connectivity index is 1.90. The molecule has 0 aromatic heterocycles. The minimum absolute atomic E-state index is 0.0512. The topological polar surface area (TPSA) is 61.4 Å². The van der Waals surface area contributed by atoms with Crippen LogP contribution in [-0.4, -0.2) is 36.9 Å². The van der Waals surface area contributed by atoms with E-state index in [9.17, 15) is 14.0 Å². The second kappa shape index (κ2) is 9.28. The van der Waals surface area contributed by atoms with E-state index in [1.165, 1.54) is 24.3 Å². The highest BCUT2D eigenvalue weighted by Gasteiger charge is 2.15. The fourth-order valence-electron chi connectivity index (χ4n) is 2.80. The zero-order valence-electron chi connectivity index (χ0n) is 16.2. The van der Waals surface area contributed by atoms with Crippen LogP contribution in [0.2, 0.25) is 0 Å². The molecule has 0 saturated carbocycles. The molecule has 27 heavy (non-hydrogen) atoms. The summed E-state index contributed by atoms with van der Waals surface area (Å²) in [6.45, 7) is 6.26. The van der Waals surface area contributed by atoms with Gasteiger partial charge in [-0.1, -0.05) is 32.0 Å².